The standard InChI is InChI=1S/C16H16BrNO3S/c17-12-8-6-11(7-9-12)14-15(16(14,18)10-19)22(20,21)13-4-2-1-3-5-13/h1-9,14-15,19H,10,18H2/t14-,15-,16+/m0/s1. The Balaban J connectivity index is 2.02. The third-order valence-electron chi connectivity index (χ3n) is 4.21. The van der Waals surface area contributed by atoms with Crippen molar-refractivity contribution in [1.29, 1.82) is 0 Å². The van der Waals surface area contributed by atoms with Crippen LogP contribution in [0.4, 0.5) is 0 Å². The highest BCUT2D eigenvalue weighted by Gasteiger charge is 2.68. The topological polar surface area (TPSA) is 80.4 Å². The molecule has 1 aliphatic carbocycles. The molecule has 0 radical (unpaired) electrons. The molecule has 0 aliphatic heterocycles. The monoisotopic (exact) mass is 381 g/mol. The second-order valence-electron chi connectivity index (χ2n) is 5.58. The van der Waals surface area contributed by atoms with Crippen LogP contribution in [0, 0.1) is 0 Å². The van der Waals surface area contributed by atoms with E-state index in [9.17, 15) is 13.5 Å². The molecule has 2 aromatic rings. The van der Waals surface area contributed by atoms with Gasteiger partial charge in [0.1, 0.15) is 0 Å². The lowest BCUT2D eigenvalue weighted by Gasteiger charge is -2.08. The fraction of sp³-hybridized carbons (Fsp3) is 0.250. The van der Waals surface area contributed by atoms with Crippen molar-refractivity contribution in [3.8, 4) is 0 Å². The lowest BCUT2D eigenvalue weighted by molar-refractivity contribution is 0.253. The average molecular weight is 382 g/mol. The molecule has 3 rings (SSSR count). The quantitative estimate of drug-likeness (QED) is 0.849. The van der Waals surface area contributed by atoms with E-state index < -0.39 is 26.5 Å². The maximum Gasteiger partial charge on any atom is 0.183 e. The smallest absolute Gasteiger partial charge is 0.183 e. The highest BCUT2D eigenvalue weighted by molar-refractivity contribution is 9.10. The molecule has 1 saturated carbocycles. The van der Waals surface area contributed by atoms with E-state index in [4.69, 9.17) is 5.73 Å². The van der Waals surface area contributed by atoms with Gasteiger partial charge in [0.25, 0.3) is 0 Å². The molecule has 0 amide bonds. The van der Waals surface area contributed by atoms with Crippen molar-refractivity contribution in [2.24, 2.45) is 5.73 Å². The lowest BCUT2D eigenvalue weighted by atomic mass is 10.1. The van der Waals surface area contributed by atoms with Gasteiger partial charge in [0, 0.05) is 10.4 Å². The highest BCUT2D eigenvalue weighted by Crippen LogP contribution is 2.55. The fourth-order valence-corrected chi connectivity index (χ4v) is 5.57. The molecular weight excluding hydrogens is 366 g/mol. The van der Waals surface area contributed by atoms with E-state index in [2.05, 4.69) is 15.9 Å². The molecule has 1 aliphatic rings. The Bertz CT molecular complexity index is 777. The zero-order valence-corrected chi connectivity index (χ0v) is 14.1. The maximum absolute atomic E-state index is 12.8. The first kappa shape index (κ1) is 15.7. The number of nitrogens with two attached hydrogens (primary N) is 1. The van der Waals surface area contributed by atoms with Crippen molar-refractivity contribution in [3.63, 3.8) is 0 Å². The Morgan fingerprint density at radius 3 is 2.23 bits per heavy atom. The van der Waals surface area contributed by atoms with Gasteiger partial charge >= 0.3 is 0 Å². The largest absolute Gasteiger partial charge is 0.394 e. The normalized spacial score (nSPS) is 27.6. The van der Waals surface area contributed by atoms with Crippen molar-refractivity contribution < 1.29 is 13.5 Å². The number of aliphatic hydroxyl groups is 1. The Hall–Kier alpha value is -1.21. The van der Waals surface area contributed by atoms with Crippen LogP contribution in [-0.4, -0.2) is 30.9 Å². The number of benzene rings is 2. The van der Waals surface area contributed by atoms with Crippen LogP contribution >= 0.6 is 15.9 Å². The summed E-state index contributed by atoms with van der Waals surface area (Å²) in [6, 6.07) is 15.6. The minimum Gasteiger partial charge on any atom is -0.394 e. The Morgan fingerprint density at radius 1 is 1.09 bits per heavy atom. The van der Waals surface area contributed by atoms with E-state index in [0.29, 0.717) is 0 Å². The lowest BCUT2D eigenvalue weighted by Crippen LogP contribution is -2.35. The summed E-state index contributed by atoms with van der Waals surface area (Å²) in [6.07, 6.45) is 0. The highest BCUT2D eigenvalue weighted by atomic mass is 79.9. The van der Waals surface area contributed by atoms with Crippen molar-refractivity contribution in [1.82, 2.24) is 0 Å². The molecular formula is C16H16BrNO3S. The first-order chi connectivity index (χ1) is 10.4. The summed E-state index contributed by atoms with van der Waals surface area (Å²) in [5.74, 6) is -0.407. The van der Waals surface area contributed by atoms with Crippen LogP contribution in [0.25, 0.3) is 0 Å². The second kappa shape index (κ2) is 5.45. The van der Waals surface area contributed by atoms with Crippen LogP contribution in [0.2, 0.25) is 0 Å². The van der Waals surface area contributed by atoms with Gasteiger partial charge in [-0.2, -0.15) is 0 Å². The van der Waals surface area contributed by atoms with Gasteiger partial charge in [-0.25, -0.2) is 8.42 Å². The minimum atomic E-state index is -3.59. The summed E-state index contributed by atoms with van der Waals surface area (Å²) in [5.41, 5.74) is 5.87. The van der Waals surface area contributed by atoms with Crippen LogP contribution in [-0.2, 0) is 9.84 Å². The molecule has 0 aromatic heterocycles. The third kappa shape index (κ3) is 2.40. The van der Waals surface area contributed by atoms with Crippen LogP contribution in [0.3, 0.4) is 0 Å². The molecule has 3 N–H and O–H groups in total. The Labute approximate surface area is 138 Å². The molecule has 3 atom stereocenters. The maximum atomic E-state index is 12.8. The van der Waals surface area contributed by atoms with Gasteiger partial charge in [0.15, 0.2) is 9.84 Å². The van der Waals surface area contributed by atoms with E-state index in [1.807, 2.05) is 24.3 Å². The molecule has 1 fully saturated rings. The zero-order valence-electron chi connectivity index (χ0n) is 11.7. The van der Waals surface area contributed by atoms with E-state index in [1.54, 1.807) is 30.3 Å². The molecule has 0 spiro atoms. The first-order valence-corrected chi connectivity index (χ1v) is 9.19. The summed E-state index contributed by atoms with van der Waals surface area (Å²) < 4.78 is 26.5. The second-order valence-corrected chi connectivity index (χ2v) is 8.56. The molecule has 22 heavy (non-hydrogen) atoms. The number of sulfone groups is 1. The summed E-state index contributed by atoms with van der Waals surface area (Å²) in [6.45, 7) is -0.371. The van der Waals surface area contributed by atoms with Crippen molar-refractivity contribution in [2.75, 3.05) is 6.61 Å². The van der Waals surface area contributed by atoms with Crippen molar-refractivity contribution in [2.45, 2.75) is 21.6 Å². The molecule has 0 unspecified atom stereocenters. The zero-order chi connectivity index (χ0) is 16.0. The number of hydrogen-bond donors (Lipinski definition) is 2. The third-order valence-corrected chi connectivity index (χ3v) is 7.05. The molecule has 0 bridgehead atoms. The van der Waals surface area contributed by atoms with Gasteiger partial charge in [0.2, 0.25) is 0 Å². The van der Waals surface area contributed by atoms with Crippen LogP contribution in [0.5, 0.6) is 0 Å². The summed E-state index contributed by atoms with van der Waals surface area (Å²) in [7, 11) is -3.59. The Morgan fingerprint density at radius 2 is 1.68 bits per heavy atom. The number of hydrogen-bond acceptors (Lipinski definition) is 4. The van der Waals surface area contributed by atoms with E-state index >= 15 is 0 Å². The van der Waals surface area contributed by atoms with Gasteiger partial charge in [-0.05, 0) is 29.8 Å². The van der Waals surface area contributed by atoms with E-state index in [1.165, 1.54) is 0 Å². The molecule has 116 valence electrons. The number of halogens is 1. The van der Waals surface area contributed by atoms with Gasteiger partial charge in [-0.15, -0.1) is 0 Å². The van der Waals surface area contributed by atoms with Gasteiger partial charge in [-0.3, -0.25) is 0 Å². The van der Waals surface area contributed by atoms with Crippen molar-refractivity contribution in [3.05, 3.63) is 64.6 Å². The number of aliphatic hydroxyl groups excluding tert-OH is 1. The molecule has 4 nitrogen and oxygen atoms in total. The van der Waals surface area contributed by atoms with Crippen molar-refractivity contribution >= 4 is 25.8 Å². The summed E-state index contributed by atoms with van der Waals surface area (Å²) in [5, 5.41) is 8.82. The van der Waals surface area contributed by atoms with Gasteiger partial charge in [-0.1, -0.05) is 46.3 Å². The molecule has 0 saturated heterocycles. The molecule has 6 heteroatoms. The first-order valence-electron chi connectivity index (χ1n) is 6.85. The van der Waals surface area contributed by atoms with E-state index in [0.717, 1.165) is 10.0 Å². The Kier molecular flexibility index (Phi) is 3.89. The van der Waals surface area contributed by atoms with Gasteiger partial charge in [0.05, 0.1) is 22.3 Å². The number of rotatable bonds is 4. The molecule has 0 heterocycles. The van der Waals surface area contributed by atoms with Crippen LogP contribution < -0.4 is 5.73 Å². The SMILES string of the molecule is N[C@]1(CO)[C@@H](c2ccc(Br)cc2)[C@@H]1S(=O)(=O)c1ccccc1. The van der Waals surface area contributed by atoms with Crippen LogP contribution in [0.1, 0.15) is 11.5 Å². The minimum absolute atomic E-state index is 0.239. The van der Waals surface area contributed by atoms with E-state index in [-0.39, 0.29) is 11.5 Å². The summed E-state index contributed by atoms with van der Waals surface area (Å²) in [4.78, 5) is 0.239. The molecule has 2 aromatic carbocycles. The predicted octanol–water partition coefficient (Wildman–Crippen LogP) is 2.08. The van der Waals surface area contributed by atoms with Crippen LogP contribution in [0.15, 0.2) is 64.0 Å². The fourth-order valence-electron chi connectivity index (χ4n) is 2.99. The predicted molar refractivity (Wildman–Crippen MR) is 88.3 cm³/mol. The summed E-state index contributed by atoms with van der Waals surface area (Å²) >= 11 is 3.35. The van der Waals surface area contributed by atoms with Gasteiger partial charge < -0.3 is 10.8 Å². The average Bonchev–Trinajstić information content (AvgIpc) is 3.17.